The molecular weight excluding hydrogens is 671 g/mol. The quantitative estimate of drug-likeness (QED) is 0.0426. The molecule has 0 saturated carbocycles. The predicted octanol–water partition coefficient (Wildman–Crippen LogP) is 5.43. The van der Waals surface area contributed by atoms with Gasteiger partial charge in [0.15, 0.2) is 16.6 Å². The van der Waals surface area contributed by atoms with Gasteiger partial charge in [-0.3, -0.25) is 5.32 Å². The molecule has 0 aromatic heterocycles. The van der Waals surface area contributed by atoms with E-state index in [4.69, 9.17) is 36.4 Å². The maximum atomic E-state index is 10.2. The highest BCUT2D eigenvalue weighted by molar-refractivity contribution is 6.90. The smallest absolute Gasteiger partial charge is 0.317 e. The molecule has 0 spiro atoms. The molecule has 0 amide bonds. The normalized spacial score (nSPS) is 17.8. The lowest BCUT2D eigenvalue weighted by molar-refractivity contribution is -0.0490. The second-order valence-electron chi connectivity index (χ2n) is 15.2. The maximum absolute atomic E-state index is 10.2. The fourth-order valence-corrected chi connectivity index (χ4v) is 28.9. The number of aliphatic hydroxyl groups excluding tert-OH is 1. The van der Waals surface area contributed by atoms with E-state index in [9.17, 15) is 5.11 Å². The lowest BCUT2D eigenvalue weighted by atomic mass is 10.2. The van der Waals surface area contributed by atoms with Crippen molar-refractivity contribution in [3.8, 4) is 0 Å². The third-order valence-corrected chi connectivity index (χ3v) is 25.1. The molecule has 0 aliphatic rings. The van der Waals surface area contributed by atoms with Crippen LogP contribution in [0, 0.1) is 0 Å². The number of nitrogens with two attached hydrogens (primary N) is 1. The van der Waals surface area contributed by atoms with Crippen molar-refractivity contribution in [2.75, 3.05) is 53.1 Å². The summed E-state index contributed by atoms with van der Waals surface area (Å²) in [6, 6.07) is 1.60. The molecule has 0 saturated heterocycles. The van der Waals surface area contributed by atoms with Gasteiger partial charge in [0.2, 0.25) is 0 Å². The van der Waals surface area contributed by atoms with Gasteiger partial charge in [0.25, 0.3) is 0 Å². The first-order valence-corrected chi connectivity index (χ1v) is 32.2. The minimum Gasteiger partial charge on any atom is -0.437 e. The Labute approximate surface area is 288 Å². The molecular formula is C30H75N3O8Si5. The first-order chi connectivity index (χ1) is 21.1. The molecule has 0 rings (SSSR count). The van der Waals surface area contributed by atoms with Crippen LogP contribution in [-0.4, -0.2) is 119 Å². The molecule has 0 bridgehead atoms. The Morgan fingerprint density at radius 1 is 0.674 bits per heavy atom. The molecule has 0 aromatic carbocycles. The van der Waals surface area contributed by atoms with E-state index in [1.807, 2.05) is 6.92 Å². The van der Waals surface area contributed by atoms with Gasteiger partial charge in [-0.2, -0.15) is 0 Å². The number of nitrogens with one attached hydrogen (secondary N) is 2. The summed E-state index contributed by atoms with van der Waals surface area (Å²) in [5.74, 6) is 0. The molecule has 5 atom stereocenters. The highest BCUT2D eigenvalue weighted by Gasteiger charge is 2.48. The third-order valence-electron chi connectivity index (χ3n) is 6.87. The van der Waals surface area contributed by atoms with Gasteiger partial charge in [0, 0.05) is 39.5 Å². The third kappa shape index (κ3) is 25.6. The first kappa shape index (κ1) is 46.6. The van der Waals surface area contributed by atoms with Crippen LogP contribution < -0.4 is 16.4 Å². The van der Waals surface area contributed by atoms with E-state index >= 15 is 0 Å². The van der Waals surface area contributed by atoms with E-state index in [2.05, 4.69) is 76.1 Å². The average Bonchev–Trinajstić information content (AvgIpc) is 2.86. The van der Waals surface area contributed by atoms with Gasteiger partial charge in [-0.25, -0.2) is 0 Å². The van der Waals surface area contributed by atoms with Crippen LogP contribution >= 0.6 is 0 Å². The van der Waals surface area contributed by atoms with Crippen LogP contribution in [0.15, 0.2) is 0 Å². The van der Waals surface area contributed by atoms with Crippen LogP contribution in [0.1, 0.15) is 46.0 Å². The number of methoxy groups -OCH3 is 1. The Hall–Kier alpha value is 0.644. The summed E-state index contributed by atoms with van der Waals surface area (Å²) >= 11 is 0. The fraction of sp³-hybridized carbons (Fsp3) is 1.00. The number of hydrogen-bond donors (Lipinski definition) is 4. The molecule has 0 fully saturated rings. The SMILES string of the molecule is COC(C)COCCCCCCOC(NCCNCCC[Si](C)(O[Si](C)(C)O[Si](C)(C)C)O[Si](C)(CCN)O[Si](C)(C)C)C(C)O. The van der Waals surface area contributed by atoms with Crippen molar-refractivity contribution in [3.63, 3.8) is 0 Å². The van der Waals surface area contributed by atoms with Crippen LogP contribution in [0.3, 0.4) is 0 Å². The van der Waals surface area contributed by atoms with Crippen LogP contribution in [0.25, 0.3) is 0 Å². The maximum Gasteiger partial charge on any atom is 0.317 e. The molecule has 5 N–H and O–H groups in total. The van der Waals surface area contributed by atoms with Gasteiger partial charge in [-0.05, 0) is 118 Å². The Balaban J connectivity index is 4.78. The van der Waals surface area contributed by atoms with E-state index in [0.717, 1.165) is 63.9 Å². The Bertz CT molecular complexity index is 780. The summed E-state index contributed by atoms with van der Waals surface area (Å²) in [6.45, 7) is 30.5. The summed E-state index contributed by atoms with van der Waals surface area (Å²) in [6.07, 6.45) is 4.27. The Morgan fingerprint density at radius 3 is 1.80 bits per heavy atom. The summed E-state index contributed by atoms with van der Waals surface area (Å²) in [5.41, 5.74) is 6.05. The molecule has 11 nitrogen and oxygen atoms in total. The second-order valence-corrected chi connectivity index (χ2v) is 35.3. The lowest BCUT2D eigenvalue weighted by Gasteiger charge is -2.44. The van der Waals surface area contributed by atoms with E-state index in [0.29, 0.717) is 26.3 Å². The van der Waals surface area contributed by atoms with Crippen LogP contribution in [0.5, 0.6) is 0 Å². The predicted molar refractivity (Wildman–Crippen MR) is 203 cm³/mol. The number of rotatable bonds is 30. The van der Waals surface area contributed by atoms with Crippen molar-refractivity contribution < 1.29 is 35.8 Å². The fourth-order valence-electron chi connectivity index (χ4n) is 5.41. The van der Waals surface area contributed by atoms with Crippen LogP contribution in [0.4, 0.5) is 0 Å². The van der Waals surface area contributed by atoms with Gasteiger partial charge in [0.05, 0.1) is 18.8 Å². The summed E-state index contributed by atoms with van der Waals surface area (Å²) in [5, 5.41) is 17.1. The number of unbranched alkanes of at least 4 members (excludes halogenated alkanes) is 3. The Kier molecular flexibility index (Phi) is 23.5. The summed E-state index contributed by atoms with van der Waals surface area (Å²) in [7, 11) is -9.54. The van der Waals surface area contributed by atoms with E-state index in [1.54, 1.807) is 14.0 Å². The van der Waals surface area contributed by atoms with Crippen LogP contribution in [-0.2, 0) is 30.7 Å². The van der Waals surface area contributed by atoms with Gasteiger partial charge in [-0.15, -0.1) is 0 Å². The zero-order valence-electron chi connectivity index (χ0n) is 32.0. The molecule has 46 heavy (non-hydrogen) atoms. The van der Waals surface area contributed by atoms with E-state index < -0.39 is 48.4 Å². The molecule has 16 heteroatoms. The minimum absolute atomic E-state index is 0.138. The first-order valence-electron chi connectivity index (χ1n) is 17.5. The van der Waals surface area contributed by atoms with Crippen molar-refractivity contribution in [2.24, 2.45) is 5.73 Å². The minimum atomic E-state index is -2.65. The number of hydrogen-bond acceptors (Lipinski definition) is 11. The molecule has 0 aliphatic heterocycles. The molecule has 5 unspecified atom stereocenters. The van der Waals surface area contributed by atoms with Gasteiger partial charge in [-0.1, -0.05) is 12.8 Å². The van der Waals surface area contributed by atoms with Crippen molar-refractivity contribution in [2.45, 2.75) is 142 Å². The number of aliphatic hydroxyl groups is 1. The van der Waals surface area contributed by atoms with Crippen molar-refractivity contribution >= 4 is 42.3 Å². The monoisotopic (exact) mass is 745 g/mol. The Morgan fingerprint density at radius 2 is 1.26 bits per heavy atom. The molecule has 0 radical (unpaired) electrons. The summed E-state index contributed by atoms with van der Waals surface area (Å²) in [4.78, 5) is 0. The van der Waals surface area contributed by atoms with Crippen molar-refractivity contribution in [1.29, 1.82) is 0 Å². The zero-order valence-corrected chi connectivity index (χ0v) is 37.0. The molecule has 0 aliphatic carbocycles. The lowest BCUT2D eigenvalue weighted by Crippen LogP contribution is -2.60. The van der Waals surface area contributed by atoms with Gasteiger partial charge < -0.3 is 46.8 Å². The highest BCUT2D eigenvalue weighted by Crippen LogP contribution is 2.30. The average molecular weight is 746 g/mol. The number of ether oxygens (including phenoxy) is 3. The molecule has 0 aromatic rings. The van der Waals surface area contributed by atoms with Crippen LogP contribution in [0.2, 0.25) is 77.6 Å². The second kappa shape index (κ2) is 23.2. The van der Waals surface area contributed by atoms with Crippen molar-refractivity contribution in [1.82, 2.24) is 10.6 Å². The zero-order chi connectivity index (χ0) is 35.5. The highest BCUT2D eigenvalue weighted by atomic mass is 28.5. The van der Waals surface area contributed by atoms with E-state index in [1.165, 1.54) is 0 Å². The summed E-state index contributed by atoms with van der Waals surface area (Å²) < 4.78 is 44.0. The van der Waals surface area contributed by atoms with Gasteiger partial charge >= 0.3 is 25.7 Å². The standard InChI is InChI=1S/C30H75N3O8Si5/c1-28(35-3)27-36-23-16-14-15-17-24-37-30(29(2)34)33-22-21-32-20-18-25-45(12,40-44(10,11)38-42(4,5)6)41-46(13,26-19-31)39-43(7,8)9/h28-30,32-34H,14-27,31H2,1-13H3. The molecule has 0 heterocycles. The van der Waals surface area contributed by atoms with Crippen molar-refractivity contribution in [3.05, 3.63) is 0 Å². The molecule has 278 valence electrons. The van der Waals surface area contributed by atoms with E-state index in [-0.39, 0.29) is 12.3 Å². The largest absolute Gasteiger partial charge is 0.437 e. The topological polar surface area (TPSA) is 135 Å². The van der Waals surface area contributed by atoms with Gasteiger partial charge in [0.1, 0.15) is 6.23 Å².